The Labute approximate surface area is 291 Å². The number of aromatic hydroxyl groups is 1. The van der Waals surface area contributed by atoms with Gasteiger partial charge in [0.2, 0.25) is 0 Å². The van der Waals surface area contributed by atoms with Crippen LogP contribution in [0.25, 0.3) is 0 Å². The van der Waals surface area contributed by atoms with Crippen LogP contribution in [0.1, 0.15) is 64.5 Å². The van der Waals surface area contributed by atoms with Crippen molar-refractivity contribution in [2.75, 3.05) is 60.7 Å². The number of phenolic OH excluding ortho intramolecular Hbond substituents is 1. The smallest absolute Gasteiger partial charge is 0.119 e. The summed E-state index contributed by atoms with van der Waals surface area (Å²) in [7, 11) is 8.27. The van der Waals surface area contributed by atoms with Gasteiger partial charge in [-0.05, 0) is 135 Å². The first-order valence-corrected chi connectivity index (χ1v) is 18.5. The van der Waals surface area contributed by atoms with Gasteiger partial charge in [-0.1, -0.05) is 36.4 Å². The number of phenols is 1. The number of hydrogen-bond acceptors (Lipinski definition) is 7. The van der Waals surface area contributed by atoms with Gasteiger partial charge in [-0.15, -0.1) is 11.8 Å². The molecule has 3 atom stereocenters. The van der Waals surface area contributed by atoms with Crippen LogP contribution in [0.5, 0.6) is 17.2 Å². The summed E-state index contributed by atoms with van der Waals surface area (Å²) >= 11 is 1.77. The van der Waals surface area contributed by atoms with Gasteiger partial charge in [0.25, 0.3) is 0 Å². The summed E-state index contributed by atoms with van der Waals surface area (Å²) < 4.78 is 11.4. The molecule has 254 valence electrons. The van der Waals surface area contributed by atoms with Crippen molar-refractivity contribution in [3.05, 3.63) is 118 Å². The Morgan fingerprint density at radius 1 is 0.750 bits per heavy atom. The molecule has 6 nitrogen and oxygen atoms in total. The van der Waals surface area contributed by atoms with Crippen molar-refractivity contribution in [2.24, 2.45) is 0 Å². The molecule has 1 saturated heterocycles. The molecule has 3 aliphatic heterocycles. The number of methoxy groups -OCH3 is 1. The lowest BCUT2D eigenvalue weighted by Crippen LogP contribution is -2.31. The summed E-state index contributed by atoms with van der Waals surface area (Å²) in [5.41, 5.74) is 8.07. The summed E-state index contributed by atoms with van der Waals surface area (Å²) in [4.78, 5) is 8.47. The van der Waals surface area contributed by atoms with E-state index in [2.05, 4.69) is 115 Å². The lowest BCUT2D eigenvalue weighted by atomic mass is 9.84. The topological polar surface area (TPSA) is 48.4 Å². The summed E-state index contributed by atoms with van der Waals surface area (Å²) in [5.74, 6) is 3.05. The SMILES string of the molecule is COc1ccc(C2CN(C)Cc3cc(OCCC4CCCN4C)ccc32)cc1.CSc1ccc(C2CN(C)Cc3cc(O)ccc32)cc1. The molecule has 3 heterocycles. The first-order chi connectivity index (χ1) is 23.3. The van der Waals surface area contributed by atoms with Crippen molar-refractivity contribution in [1.82, 2.24) is 14.7 Å². The quantitative estimate of drug-likeness (QED) is 0.193. The van der Waals surface area contributed by atoms with Gasteiger partial charge in [0.1, 0.15) is 17.2 Å². The highest BCUT2D eigenvalue weighted by molar-refractivity contribution is 7.98. The number of ether oxygens (including phenoxy) is 2. The van der Waals surface area contributed by atoms with Crippen molar-refractivity contribution >= 4 is 11.8 Å². The third-order valence-corrected chi connectivity index (χ3v) is 11.0. The van der Waals surface area contributed by atoms with Crippen molar-refractivity contribution in [3.63, 3.8) is 0 Å². The first-order valence-electron chi connectivity index (χ1n) is 17.2. The van der Waals surface area contributed by atoms with Crippen LogP contribution in [0.2, 0.25) is 0 Å². The Hall–Kier alpha value is -3.49. The molecule has 0 saturated carbocycles. The molecule has 1 N–H and O–H groups in total. The first kappa shape index (κ1) is 34.4. The standard InChI is InChI=1S/C24H32N2O2.C17H19NOS/c1-25-16-19-15-22(28-14-12-20-5-4-13-26(20)2)10-11-23(19)24(17-25)18-6-8-21(27-3)9-7-18;1-18-10-13-9-14(19)5-8-16(13)17(11-18)12-3-6-15(20-2)7-4-12/h6-11,15,20,24H,4-5,12-14,16-17H2,1-3H3;3-9,17,19H,10-11H2,1-2H3. The molecule has 0 aliphatic carbocycles. The number of fused-ring (bicyclic) bond motifs is 2. The van der Waals surface area contributed by atoms with E-state index in [0.29, 0.717) is 23.6 Å². The molecule has 0 aromatic heterocycles. The minimum Gasteiger partial charge on any atom is -0.508 e. The Balaban J connectivity index is 0.000000177. The molecule has 0 bridgehead atoms. The van der Waals surface area contributed by atoms with E-state index in [0.717, 1.165) is 50.7 Å². The van der Waals surface area contributed by atoms with E-state index in [1.54, 1.807) is 24.9 Å². The van der Waals surface area contributed by atoms with Crippen LogP contribution in [-0.2, 0) is 13.1 Å². The number of thioether (sulfide) groups is 1. The van der Waals surface area contributed by atoms with E-state index in [-0.39, 0.29) is 0 Å². The highest BCUT2D eigenvalue weighted by Crippen LogP contribution is 2.37. The van der Waals surface area contributed by atoms with Crippen LogP contribution >= 0.6 is 11.8 Å². The van der Waals surface area contributed by atoms with Crippen LogP contribution in [0.15, 0.2) is 89.8 Å². The van der Waals surface area contributed by atoms with Gasteiger partial charge in [0, 0.05) is 49.0 Å². The third-order valence-electron chi connectivity index (χ3n) is 10.3. The van der Waals surface area contributed by atoms with Crippen LogP contribution < -0.4 is 9.47 Å². The molecule has 4 aromatic carbocycles. The van der Waals surface area contributed by atoms with Gasteiger partial charge in [-0.25, -0.2) is 0 Å². The number of likely N-dealkylation sites (tertiary alicyclic amines) is 1. The molecule has 3 aliphatic rings. The maximum absolute atomic E-state index is 9.68. The molecule has 1 fully saturated rings. The highest BCUT2D eigenvalue weighted by atomic mass is 32.2. The van der Waals surface area contributed by atoms with Crippen LogP contribution in [0.3, 0.4) is 0 Å². The maximum atomic E-state index is 9.68. The van der Waals surface area contributed by atoms with Crippen LogP contribution in [-0.4, -0.2) is 86.6 Å². The van der Waals surface area contributed by atoms with Crippen molar-refractivity contribution in [2.45, 2.75) is 55.1 Å². The predicted molar refractivity (Wildman–Crippen MR) is 198 cm³/mol. The van der Waals surface area contributed by atoms with Gasteiger partial charge < -0.3 is 29.3 Å². The van der Waals surface area contributed by atoms with Gasteiger partial charge in [0.15, 0.2) is 0 Å². The summed E-state index contributed by atoms with van der Waals surface area (Å²) in [6.45, 7) is 5.96. The van der Waals surface area contributed by atoms with E-state index < -0.39 is 0 Å². The van der Waals surface area contributed by atoms with Crippen molar-refractivity contribution in [1.29, 1.82) is 0 Å². The predicted octanol–water partition coefficient (Wildman–Crippen LogP) is 7.83. The molecule has 3 unspecified atom stereocenters. The van der Waals surface area contributed by atoms with Gasteiger partial charge in [-0.2, -0.15) is 0 Å². The average molecular weight is 666 g/mol. The fourth-order valence-corrected chi connectivity index (χ4v) is 8.06. The fourth-order valence-electron chi connectivity index (χ4n) is 7.65. The Bertz CT molecular complexity index is 1640. The van der Waals surface area contributed by atoms with Crippen molar-refractivity contribution < 1.29 is 14.6 Å². The van der Waals surface area contributed by atoms with Gasteiger partial charge in [-0.3, -0.25) is 0 Å². The summed E-state index contributed by atoms with van der Waals surface area (Å²) in [6, 6.07) is 30.5. The van der Waals surface area contributed by atoms with Crippen LogP contribution in [0.4, 0.5) is 0 Å². The van der Waals surface area contributed by atoms with Crippen LogP contribution in [0, 0.1) is 0 Å². The second-order valence-corrected chi connectivity index (χ2v) is 14.6. The van der Waals surface area contributed by atoms with Gasteiger partial charge in [0.05, 0.1) is 13.7 Å². The molecule has 7 heteroatoms. The fraction of sp³-hybridized carbons (Fsp3) is 0.415. The molecule has 7 rings (SSSR count). The minimum atomic E-state index is 0.357. The largest absolute Gasteiger partial charge is 0.508 e. The van der Waals surface area contributed by atoms with Crippen molar-refractivity contribution in [3.8, 4) is 17.2 Å². The zero-order chi connectivity index (χ0) is 33.6. The molecule has 48 heavy (non-hydrogen) atoms. The third kappa shape index (κ3) is 8.20. The monoisotopic (exact) mass is 665 g/mol. The Morgan fingerprint density at radius 3 is 1.92 bits per heavy atom. The number of hydrogen-bond donors (Lipinski definition) is 1. The number of benzene rings is 4. The van der Waals surface area contributed by atoms with E-state index in [9.17, 15) is 5.11 Å². The molecule has 0 radical (unpaired) electrons. The molecular weight excluding hydrogens is 615 g/mol. The van der Waals surface area contributed by atoms with E-state index in [1.807, 2.05) is 6.07 Å². The normalized spacial score (nSPS) is 21.1. The maximum Gasteiger partial charge on any atom is 0.119 e. The second kappa shape index (κ2) is 15.8. The molecule has 0 spiro atoms. The molecular formula is C41H51N3O3S. The zero-order valence-electron chi connectivity index (χ0n) is 29.2. The second-order valence-electron chi connectivity index (χ2n) is 13.7. The average Bonchev–Trinajstić information content (AvgIpc) is 3.51. The van der Waals surface area contributed by atoms with Gasteiger partial charge >= 0.3 is 0 Å². The lowest BCUT2D eigenvalue weighted by molar-refractivity contribution is 0.232. The number of rotatable bonds is 8. The Kier molecular flexibility index (Phi) is 11.3. The minimum absolute atomic E-state index is 0.357. The number of nitrogens with zero attached hydrogens (tertiary/aromatic N) is 3. The Morgan fingerprint density at radius 2 is 1.33 bits per heavy atom. The molecule has 4 aromatic rings. The van der Waals surface area contributed by atoms with E-state index in [1.165, 1.54) is 57.7 Å². The van der Waals surface area contributed by atoms with E-state index >= 15 is 0 Å². The summed E-state index contributed by atoms with van der Waals surface area (Å²) in [5, 5.41) is 9.68. The zero-order valence-corrected chi connectivity index (χ0v) is 30.0. The number of likely N-dealkylation sites (N-methyl/N-ethyl adjacent to an activating group) is 2. The highest BCUT2D eigenvalue weighted by Gasteiger charge is 2.27. The summed E-state index contributed by atoms with van der Waals surface area (Å²) in [6.07, 6.45) is 5.83. The molecule has 0 amide bonds. The van der Waals surface area contributed by atoms with E-state index in [4.69, 9.17) is 9.47 Å². The lowest BCUT2D eigenvalue weighted by Gasteiger charge is -2.33.